The summed E-state index contributed by atoms with van der Waals surface area (Å²) in [6, 6.07) is 13.8. The van der Waals surface area contributed by atoms with Gasteiger partial charge in [-0.2, -0.15) is 5.10 Å². The van der Waals surface area contributed by atoms with Crippen molar-refractivity contribution in [1.29, 1.82) is 0 Å². The van der Waals surface area contributed by atoms with Crippen LogP contribution < -0.4 is 10.2 Å². The Morgan fingerprint density at radius 3 is 2.86 bits per heavy atom. The molecule has 1 aromatic heterocycles. The van der Waals surface area contributed by atoms with Crippen LogP contribution in [0.1, 0.15) is 27.3 Å². The molecule has 7 nitrogen and oxygen atoms in total. The summed E-state index contributed by atoms with van der Waals surface area (Å²) in [6.45, 7) is 2.58. The standard InChI is InChI=1S/C21H24N6O/c1-26(2)19-6-4-3-5-18(19)21(28)24-17-8-7-16-12-27(10-9-15(16)11-17)13-20-22-14-23-25-20/h3-8,11,14H,9-10,12-13H2,1-2H3,(H,24,28)(H,22,23,25). The number of hydrogen-bond acceptors (Lipinski definition) is 5. The third kappa shape index (κ3) is 3.89. The van der Waals surface area contributed by atoms with E-state index in [-0.39, 0.29) is 5.91 Å². The lowest BCUT2D eigenvalue weighted by Gasteiger charge is -2.28. The number of carbonyl (C=O) groups is 1. The van der Waals surface area contributed by atoms with Crippen molar-refractivity contribution in [3.63, 3.8) is 0 Å². The number of aromatic nitrogens is 3. The van der Waals surface area contributed by atoms with Crippen LogP contribution in [0.4, 0.5) is 11.4 Å². The van der Waals surface area contributed by atoms with Crippen molar-refractivity contribution in [2.75, 3.05) is 30.9 Å². The first kappa shape index (κ1) is 18.2. The lowest BCUT2D eigenvalue weighted by Crippen LogP contribution is -2.30. The predicted octanol–water partition coefficient (Wildman–Crippen LogP) is 2.68. The van der Waals surface area contributed by atoms with Crippen molar-refractivity contribution in [2.24, 2.45) is 0 Å². The van der Waals surface area contributed by atoms with E-state index in [2.05, 4.69) is 37.5 Å². The van der Waals surface area contributed by atoms with Crippen molar-refractivity contribution in [2.45, 2.75) is 19.5 Å². The minimum atomic E-state index is -0.0907. The minimum absolute atomic E-state index is 0.0907. The summed E-state index contributed by atoms with van der Waals surface area (Å²) in [6.07, 6.45) is 2.48. The molecule has 2 aromatic carbocycles. The van der Waals surface area contributed by atoms with Crippen LogP contribution in [0.3, 0.4) is 0 Å². The zero-order valence-electron chi connectivity index (χ0n) is 16.1. The fourth-order valence-corrected chi connectivity index (χ4v) is 3.60. The van der Waals surface area contributed by atoms with E-state index in [0.29, 0.717) is 5.56 Å². The van der Waals surface area contributed by atoms with Gasteiger partial charge in [-0.3, -0.25) is 14.8 Å². The normalized spacial score (nSPS) is 13.8. The zero-order chi connectivity index (χ0) is 19.5. The van der Waals surface area contributed by atoms with Gasteiger partial charge in [0.15, 0.2) is 0 Å². The third-order valence-corrected chi connectivity index (χ3v) is 5.02. The molecule has 0 atom stereocenters. The van der Waals surface area contributed by atoms with E-state index in [0.717, 1.165) is 43.3 Å². The summed E-state index contributed by atoms with van der Waals surface area (Å²) in [5, 5.41) is 9.87. The predicted molar refractivity (Wildman–Crippen MR) is 109 cm³/mol. The van der Waals surface area contributed by atoms with Crippen LogP contribution in [-0.2, 0) is 19.5 Å². The Morgan fingerprint density at radius 2 is 2.07 bits per heavy atom. The Balaban J connectivity index is 1.46. The third-order valence-electron chi connectivity index (χ3n) is 5.02. The van der Waals surface area contributed by atoms with Crippen molar-refractivity contribution >= 4 is 17.3 Å². The summed E-state index contributed by atoms with van der Waals surface area (Å²) in [7, 11) is 3.88. The molecule has 0 unspecified atom stereocenters. The molecule has 1 aliphatic rings. The van der Waals surface area contributed by atoms with Gasteiger partial charge in [0.2, 0.25) is 0 Å². The van der Waals surface area contributed by atoms with Gasteiger partial charge in [-0.05, 0) is 41.8 Å². The minimum Gasteiger partial charge on any atom is -0.377 e. The molecule has 0 spiro atoms. The first-order valence-electron chi connectivity index (χ1n) is 9.36. The number of aromatic amines is 1. The highest BCUT2D eigenvalue weighted by Crippen LogP contribution is 2.25. The largest absolute Gasteiger partial charge is 0.377 e. The smallest absolute Gasteiger partial charge is 0.257 e. The molecule has 144 valence electrons. The number of para-hydroxylation sites is 1. The Morgan fingerprint density at radius 1 is 1.21 bits per heavy atom. The number of nitrogens with one attached hydrogen (secondary N) is 2. The highest BCUT2D eigenvalue weighted by Gasteiger charge is 2.18. The maximum absolute atomic E-state index is 12.8. The summed E-state index contributed by atoms with van der Waals surface area (Å²) in [4.78, 5) is 21.3. The molecule has 0 fully saturated rings. The van der Waals surface area contributed by atoms with Crippen LogP contribution in [0.15, 0.2) is 48.8 Å². The second-order valence-electron chi connectivity index (χ2n) is 7.24. The first-order chi connectivity index (χ1) is 13.6. The van der Waals surface area contributed by atoms with Gasteiger partial charge in [-0.1, -0.05) is 18.2 Å². The van der Waals surface area contributed by atoms with E-state index in [1.165, 1.54) is 17.5 Å². The molecule has 0 saturated carbocycles. The van der Waals surface area contributed by atoms with Crippen LogP contribution in [0.5, 0.6) is 0 Å². The molecule has 3 aromatic rings. The number of benzene rings is 2. The van der Waals surface area contributed by atoms with Gasteiger partial charge in [0.25, 0.3) is 5.91 Å². The summed E-state index contributed by atoms with van der Waals surface area (Å²) >= 11 is 0. The van der Waals surface area contributed by atoms with E-state index in [9.17, 15) is 4.79 Å². The van der Waals surface area contributed by atoms with Crippen molar-refractivity contribution in [3.05, 3.63) is 71.3 Å². The second-order valence-corrected chi connectivity index (χ2v) is 7.24. The average Bonchev–Trinajstić information content (AvgIpc) is 3.21. The van der Waals surface area contributed by atoms with Crippen LogP contribution in [0.2, 0.25) is 0 Å². The van der Waals surface area contributed by atoms with Gasteiger partial charge in [-0.25, -0.2) is 4.98 Å². The van der Waals surface area contributed by atoms with Gasteiger partial charge in [0.1, 0.15) is 12.2 Å². The van der Waals surface area contributed by atoms with Crippen LogP contribution in [-0.4, -0.2) is 46.6 Å². The number of anilines is 2. The number of nitrogens with zero attached hydrogens (tertiary/aromatic N) is 4. The molecule has 28 heavy (non-hydrogen) atoms. The summed E-state index contributed by atoms with van der Waals surface area (Å²) in [5.41, 5.74) is 4.98. The zero-order valence-corrected chi connectivity index (χ0v) is 16.1. The number of carbonyl (C=O) groups excluding carboxylic acids is 1. The molecule has 0 saturated heterocycles. The van der Waals surface area contributed by atoms with Gasteiger partial charge in [0, 0.05) is 38.6 Å². The SMILES string of the molecule is CN(C)c1ccccc1C(=O)Nc1ccc2c(c1)CCN(Cc1ncn[nH]1)C2. The lowest BCUT2D eigenvalue weighted by molar-refractivity contribution is 0.102. The molecule has 2 heterocycles. The summed E-state index contributed by atoms with van der Waals surface area (Å²) < 4.78 is 0. The molecule has 1 aliphatic heterocycles. The Hall–Kier alpha value is -3.19. The molecular weight excluding hydrogens is 352 g/mol. The molecule has 0 radical (unpaired) electrons. The quantitative estimate of drug-likeness (QED) is 0.716. The number of hydrogen-bond donors (Lipinski definition) is 2. The topological polar surface area (TPSA) is 77.2 Å². The van der Waals surface area contributed by atoms with Crippen LogP contribution >= 0.6 is 0 Å². The van der Waals surface area contributed by atoms with Gasteiger partial charge < -0.3 is 10.2 Å². The average molecular weight is 376 g/mol. The Kier molecular flexibility index (Phi) is 5.08. The maximum atomic E-state index is 12.8. The Bertz CT molecular complexity index is 967. The van der Waals surface area contributed by atoms with E-state index >= 15 is 0 Å². The molecular formula is C21H24N6O. The van der Waals surface area contributed by atoms with E-state index in [1.54, 1.807) is 0 Å². The molecule has 0 bridgehead atoms. The van der Waals surface area contributed by atoms with Crippen molar-refractivity contribution in [3.8, 4) is 0 Å². The fourth-order valence-electron chi connectivity index (χ4n) is 3.60. The van der Waals surface area contributed by atoms with Crippen molar-refractivity contribution < 1.29 is 4.79 Å². The lowest BCUT2D eigenvalue weighted by atomic mass is 9.99. The van der Waals surface area contributed by atoms with Gasteiger partial charge in [0.05, 0.1) is 12.1 Å². The number of amides is 1. The molecule has 2 N–H and O–H groups in total. The highest BCUT2D eigenvalue weighted by molar-refractivity contribution is 6.08. The molecule has 4 rings (SSSR count). The first-order valence-corrected chi connectivity index (χ1v) is 9.36. The van der Waals surface area contributed by atoms with Crippen LogP contribution in [0.25, 0.3) is 0 Å². The van der Waals surface area contributed by atoms with Gasteiger partial charge >= 0.3 is 0 Å². The number of H-pyrrole nitrogens is 1. The van der Waals surface area contributed by atoms with E-state index in [1.807, 2.05) is 49.3 Å². The number of fused-ring (bicyclic) bond motifs is 1. The number of rotatable bonds is 5. The monoisotopic (exact) mass is 376 g/mol. The van der Waals surface area contributed by atoms with E-state index in [4.69, 9.17) is 0 Å². The van der Waals surface area contributed by atoms with Crippen molar-refractivity contribution in [1.82, 2.24) is 20.1 Å². The van der Waals surface area contributed by atoms with Crippen LogP contribution in [0, 0.1) is 0 Å². The molecule has 7 heteroatoms. The van der Waals surface area contributed by atoms with Gasteiger partial charge in [-0.15, -0.1) is 0 Å². The molecule has 0 aliphatic carbocycles. The van der Waals surface area contributed by atoms with E-state index < -0.39 is 0 Å². The second kappa shape index (κ2) is 7.82. The maximum Gasteiger partial charge on any atom is 0.257 e. The summed E-state index contributed by atoms with van der Waals surface area (Å²) in [5.74, 6) is 0.791. The molecule has 1 amide bonds. The highest BCUT2D eigenvalue weighted by atomic mass is 16.1. The Labute approximate surface area is 164 Å². The fraction of sp³-hybridized carbons (Fsp3) is 0.286.